The molecule has 1 aromatic rings. The van der Waals surface area contributed by atoms with Gasteiger partial charge < -0.3 is 10.1 Å². The van der Waals surface area contributed by atoms with Gasteiger partial charge in [-0.05, 0) is 55.1 Å². The molecule has 2 rings (SSSR count). The summed E-state index contributed by atoms with van der Waals surface area (Å²) in [5.74, 6) is 2.21. The quantitative estimate of drug-likeness (QED) is 0.891. The van der Waals surface area contributed by atoms with Crippen LogP contribution in [0.3, 0.4) is 0 Å². The third-order valence-corrected chi connectivity index (χ3v) is 3.96. The maximum Gasteiger partial charge on any atom is 0.122 e. The molecule has 2 unspecified atom stereocenters. The molecular weight excluding hydrogens is 234 g/mol. The van der Waals surface area contributed by atoms with Crippen molar-refractivity contribution in [3.8, 4) is 5.75 Å². The highest BCUT2D eigenvalue weighted by Gasteiger charge is 2.27. The van der Waals surface area contributed by atoms with E-state index in [4.69, 9.17) is 16.3 Å². The van der Waals surface area contributed by atoms with E-state index in [0.717, 1.165) is 30.3 Å². The minimum atomic E-state index is 0.565. The molecule has 0 amide bonds. The van der Waals surface area contributed by atoms with Crippen LogP contribution in [0.2, 0.25) is 5.02 Å². The van der Waals surface area contributed by atoms with E-state index >= 15 is 0 Å². The maximum atomic E-state index is 6.11. The molecule has 1 saturated heterocycles. The molecule has 3 heteroatoms. The largest absolute Gasteiger partial charge is 0.496 e. The number of piperidine rings is 1. The van der Waals surface area contributed by atoms with Gasteiger partial charge in [0.05, 0.1) is 7.11 Å². The number of rotatable bonds is 3. The first kappa shape index (κ1) is 12.7. The van der Waals surface area contributed by atoms with Crippen LogP contribution >= 0.6 is 11.6 Å². The van der Waals surface area contributed by atoms with Gasteiger partial charge in [-0.25, -0.2) is 0 Å². The van der Waals surface area contributed by atoms with Crippen LogP contribution in [0.4, 0.5) is 0 Å². The van der Waals surface area contributed by atoms with Gasteiger partial charge >= 0.3 is 0 Å². The fourth-order valence-corrected chi connectivity index (χ4v) is 2.94. The summed E-state index contributed by atoms with van der Waals surface area (Å²) in [6.45, 7) is 4.43. The molecule has 1 N–H and O–H groups in total. The Morgan fingerprint density at radius 1 is 1.47 bits per heavy atom. The van der Waals surface area contributed by atoms with Gasteiger partial charge in [0, 0.05) is 5.02 Å². The maximum absolute atomic E-state index is 6.11. The van der Waals surface area contributed by atoms with E-state index in [1.165, 1.54) is 12.0 Å². The molecule has 0 aliphatic carbocycles. The summed E-state index contributed by atoms with van der Waals surface area (Å²) < 4.78 is 5.47. The Labute approximate surface area is 108 Å². The van der Waals surface area contributed by atoms with E-state index < -0.39 is 0 Å². The van der Waals surface area contributed by atoms with E-state index in [2.05, 4.69) is 18.3 Å². The lowest BCUT2D eigenvalue weighted by Crippen LogP contribution is -2.35. The lowest BCUT2D eigenvalue weighted by atomic mass is 9.79. The average Bonchev–Trinajstić information content (AvgIpc) is 2.38. The molecule has 0 aromatic heterocycles. The van der Waals surface area contributed by atoms with Crippen molar-refractivity contribution in [1.29, 1.82) is 0 Å². The minimum Gasteiger partial charge on any atom is -0.496 e. The van der Waals surface area contributed by atoms with E-state index in [1.807, 2.05) is 12.1 Å². The first-order chi connectivity index (χ1) is 8.26. The van der Waals surface area contributed by atoms with Crippen LogP contribution in [0.25, 0.3) is 0 Å². The highest BCUT2D eigenvalue weighted by atomic mass is 35.5. The number of halogens is 1. The second kappa shape index (κ2) is 5.74. The van der Waals surface area contributed by atoms with Crippen LogP contribution in [0.5, 0.6) is 5.75 Å². The number of methoxy groups -OCH3 is 1. The highest BCUT2D eigenvalue weighted by molar-refractivity contribution is 6.30. The summed E-state index contributed by atoms with van der Waals surface area (Å²) in [5, 5.41) is 4.26. The zero-order valence-corrected chi connectivity index (χ0v) is 11.3. The van der Waals surface area contributed by atoms with Crippen molar-refractivity contribution in [2.45, 2.75) is 25.7 Å². The molecule has 1 heterocycles. The molecule has 0 saturated carbocycles. The first-order valence-electron chi connectivity index (χ1n) is 6.30. The zero-order chi connectivity index (χ0) is 12.3. The molecule has 1 aromatic carbocycles. The Balaban J connectivity index is 2.33. The molecule has 17 heavy (non-hydrogen) atoms. The van der Waals surface area contributed by atoms with Gasteiger partial charge in [0.25, 0.3) is 0 Å². The third kappa shape index (κ3) is 2.75. The highest BCUT2D eigenvalue weighted by Crippen LogP contribution is 2.38. The topological polar surface area (TPSA) is 21.3 Å². The minimum absolute atomic E-state index is 0.565. The van der Waals surface area contributed by atoms with E-state index in [9.17, 15) is 0 Å². The molecule has 2 nitrogen and oxygen atoms in total. The van der Waals surface area contributed by atoms with Crippen LogP contribution in [-0.4, -0.2) is 20.2 Å². The van der Waals surface area contributed by atoms with Crippen molar-refractivity contribution in [1.82, 2.24) is 5.32 Å². The van der Waals surface area contributed by atoms with E-state index in [0.29, 0.717) is 11.8 Å². The van der Waals surface area contributed by atoms with Gasteiger partial charge in [0.1, 0.15) is 5.75 Å². The van der Waals surface area contributed by atoms with Gasteiger partial charge in [-0.2, -0.15) is 0 Å². The fraction of sp³-hybridized carbons (Fsp3) is 0.571. The van der Waals surface area contributed by atoms with E-state index in [-0.39, 0.29) is 0 Å². The summed E-state index contributed by atoms with van der Waals surface area (Å²) >= 11 is 6.11. The molecule has 0 radical (unpaired) electrons. The van der Waals surface area contributed by atoms with Gasteiger partial charge in [0.2, 0.25) is 0 Å². The zero-order valence-electron chi connectivity index (χ0n) is 10.5. The van der Waals surface area contributed by atoms with Crippen molar-refractivity contribution in [2.24, 2.45) is 5.92 Å². The van der Waals surface area contributed by atoms with Gasteiger partial charge in [0.15, 0.2) is 0 Å². The van der Waals surface area contributed by atoms with Crippen LogP contribution in [0.15, 0.2) is 18.2 Å². The molecule has 1 aliphatic rings. The smallest absolute Gasteiger partial charge is 0.122 e. The van der Waals surface area contributed by atoms with E-state index in [1.54, 1.807) is 7.11 Å². The fourth-order valence-electron chi connectivity index (χ4n) is 2.76. The number of nitrogens with one attached hydrogen (secondary N) is 1. The van der Waals surface area contributed by atoms with Crippen molar-refractivity contribution in [2.75, 3.05) is 20.2 Å². The second-order valence-electron chi connectivity index (χ2n) is 4.65. The van der Waals surface area contributed by atoms with Gasteiger partial charge in [-0.3, -0.25) is 0 Å². The standard InChI is InChI=1S/C14H20ClNO/c1-3-10-9-16-7-6-12(10)13-8-11(15)4-5-14(13)17-2/h4-5,8,10,12,16H,3,6-7,9H2,1-2H3. The Kier molecular flexibility index (Phi) is 4.30. The molecule has 0 bridgehead atoms. The van der Waals surface area contributed by atoms with Crippen LogP contribution < -0.4 is 10.1 Å². The third-order valence-electron chi connectivity index (χ3n) is 3.72. The molecule has 2 atom stereocenters. The summed E-state index contributed by atoms with van der Waals surface area (Å²) in [5.41, 5.74) is 1.27. The predicted molar refractivity (Wildman–Crippen MR) is 72.0 cm³/mol. The Bertz CT molecular complexity index is 380. The number of hydrogen-bond donors (Lipinski definition) is 1. The molecule has 0 spiro atoms. The van der Waals surface area contributed by atoms with Crippen molar-refractivity contribution in [3.63, 3.8) is 0 Å². The Hall–Kier alpha value is -0.730. The molecular formula is C14H20ClNO. The van der Waals surface area contributed by atoms with Crippen molar-refractivity contribution < 1.29 is 4.74 Å². The summed E-state index contributed by atoms with van der Waals surface area (Å²) in [7, 11) is 1.73. The molecule has 1 fully saturated rings. The number of hydrogen-bond acceptors (Lipinski definition) is 2. The molecule has 94 valence electrons. The van der Waals surface area contributed by atoms with Crippen LogP contribution in [-0.2, 0) is 0 Å². The number of ether oxygens (including phenoxy) is 1. The average molecular weight is 254 g/mol. The lowest BCUT2D eigenvalue weighted by Gasteiger charge is -2.32. The monoisotopic (exact) mass is 253 g/mol. The SMILES string of the molecule is CCC1CNCCC1c1cc(Cl)ccc1OC. The van der Waals surface area contributed by atoms with Crippen molar-refractivity contribution in [3.05, 3.63) is 28.8 Å². The predicted octanol–water partition coefficient (Wildman–Crippen LogP) is 3.45. The van der Waals surface area contributed by atoms with Crippen LogP contribution in [0, 0.1) is 5.92 Å². The second-order valence-corrected chi connectivity index (χ2v) is 5.09. The Morgan fingerprint density at radius 2 is 2.29 bits per heavy atom. The Morgan fingerprint density at radius 3 is 3.00 bits per heavy atom. The lowest BCUT2D eigenvalue weighted by molar-refractivity contribution is 0.307. The van der Waals surface area contributed by atoms with Gasteiger partial charge in [-0.15, -0.1) is 0 Å². The van der Waals surface area contributed by atoms with Gasteiger partial charge in [-0.1, -0.05) is 24.9 Å². The summed E-state index contributed by atoms with van der Waals surface area (Å²) in [4.78, 5) is 0. The number of benzene rings is 1. The van der Waals surface area contributed by atoms with Crippen molar-refractivity contribution >= 4 is 11.6 Å². The summed E-state index contributed by atoms with van der Waals surface area (Å²) in [6, 6.07) is 5.94. The normalized spacial score (nSPS) is 24.6. The first-order valence-corrected chi connectivity index (χ1v) is 6.68. The summed E-state index contributed by atoms with van der Waals surface area (Å²) in [6.07, 6.45) is 2.35. The van der Waals surface area contributed by atoms with Crippen LogP contribution in [0.1, 0.15) is 31.2 Å². The molecule has 1 aliphatic heterocycles.